The van der Waals surface area contributed by atoms with Gasteiger partial charge in [-0.05, 0) is 68.3 Å². The van der Waals surface area contributed by atoms with Gasteiger partial charge >= 0.3 is 6.18 Å². The molecule has 0 aromatic heterocycles. The van der Waals surface area contributed by atoms with Crippen molar-refractivity contribution in [3.05, 3.63) is 59.7 Å². The molecular weight excluding hydrogens is 455 g/mol. The molecule has 0 saturated carbocycles. The van der Waals surface area contributed by atoms with Gasteiger partial charge < -0.3 is 10.2 Å². The van der Waals surface area contributed by atoms with Gasteiger partial charge in [-0.2, -0.15) is 13.2 Å². The molecule has 0 radical (unpaired) electrons. The summed E-state index contributed by atoms with van der Waals surface area (Å²) in [4.78, 5) is 14.8. The van der Waals surface area contributed by atoms with Gasteiger partial charge in [0.2, 0.25) is 0 Å². The lowest BCUT2D eigenvalue weighted by Gasteiger charge is -2.32. The SMILES string of the molecule is CCCCN1CCC(NC(=O)c2ccc(S(=O)(=O)Nc3cccc(C(F)(F)F)c3)cc2)CC1. The van der Waals surface area contributed by atoms with Crippen molar-refractivity contribution in [3.63, 3.8) is 0 Å². The number of hydrogen-bond acceptors (Lipinski definition) is 4. The van der Waals surface area contributed by atoms with Crippen LogP contribution >= 0.6 is 0 Å². The number of anilines is 1. The van der Waals surface area contributed by atoms with Crippen LogP contribution in [0.25, 0.3) is 0 Å². The molecule has 6 nitrogen and oxygen atoms in total. The number of carbonyl (C=O) groups is 1. The number of carbonyl (C=O) groups excluding carboxylic acids is 1. The predicted molar refractivity (Wildman–Crippen MR) is 121 cm³/mol. The first-order chi connectivity index (χ1) is 15.6. The van der Waals surface area contributed by atoms with E-state index in [2.05, 4.69) is 21.9 Å². The lowest BCUT2D eigenvalue weighted by molar-refractivity contribution is -0.137. The third-order valence-electron chi connectivity index (χ3n) is 5.62. The zero-order chi connectivity index (χ0) is 24.1. The molecule has 0 aliphatic carbocycles. The number of piperidine rings is 1. The molecule has 10 heteroatoms. The quantitative estimate of drug-likeness (QED) is 0.580. The fraction of sp³-hybridized carbons (Fsp3) is 0.435. The van der Waals surface area contributed by atoms with Crippen LogP contribution in [-0.4, -0.2) is 44.9 Å². The molecule has 180 valence electrons. The Kier molecular flexibility index (Phi) is 8.01. The molecule has 2 N–H and O–H groups in total. The summed E-state index contributed by atoms with van der Waals surface area (Å²) in [5.41, 5.74) is -0.829. The second-order valence-corrected chi connectivity index (χ2v) is 9.83. The number of alkyl halides is 3. The van der Waals surface area contributed by atoms with Crippen LogP contribution in [-0.2, 0) is 16.2 Å². The van der Waals surface area contributed by atoms with E-state index in [4.69, 9.17) is 0 Å². The number of nitrogens with zero attached hydrogens (tertiary/aromatic N) is 1. The lowest BCUT2D eigenvalue weighted by atomic mass is 10.0. The van der Waals surface area contributed by atoms with Crippen molar-refractivity contribution < 1.29 is 26.4 Å². The summed E-state index contributed by atoms with van der Waals surface area (Å²) >= 11 is 0. The number of unbranched alkanes of at least 4 members (excludes halogenated alkanes) is 1. The van der Waals surface area contributed by atoms with Gasteiger partial charge in [-0.3, -0.25) is 9.52 Å². The van der Waals surface area contributed by atoms with Gasteiger partial charge in [-0.15, -0.1) is 0 Å². The van der Waals surface area contributed by atoms with E-state index in [9.17, 15) is 26.4 Å². The highest BCUT2D eigenvalue weighted by atomic mass is 32.2. The lowest BCUT2D eigenvalue weighted by Crippen LogP contribution is -2.44. The van der Waals surface area contributed by atoms with Crippen LogP contribution in [0.15, 0.2) is 53.4 Å². The van der Waals surface area contributed by atoms with Gasteiger partial charge in [-0.25, -0.2) is 8.42 Å². The van der Waals surface area contributed by atoms with Crippen molar-refractivity contribution in [1.82, 2.24) is 10.2 Å². The Labute approximate surface area is 192 Å². The summed E-state index contributed by atoms with van der Waals surface area (Å²) in [6, 6.07) is 9.34. The third kappa shape index (κ3) is 6.94. The fourth-order valence-corrected chi connectivity index (χ4v) is 4.76. The molecule has 2 aromatic rings. The van der Waals surface area contributed by atoms with Crippen LogP contribution in [0.2, 0.25) is 0 Å². The number of sulfonamides is 1. The van der Waals surface area contributed by atoms with Crippen molar-refractivity contribution in [2.24, 2.45) is 0 Å². The van der Waals surface area contributed by atoms with E-state index in [1.165, 1.54) is 30.3 Å². The van der Waals surface area contributed by atoms with Crippen molar-refractivity contribution in [3.8, 4) is 0 Å². The number of amides is 1. The molecule has 33 heavy (non-hydrogen) atoms. The monoisotopic (exact) mass is 483 g/mol. The maximum absolute atomic E-state index is 12.9. The van der Waals surface area contributed by atoms with Crippen LogP contribution in [0.4, 0.5) is 18.9 Å². The number of nitrogens with one attached hydrogen (secondary N) is 2. The molecule has 1 aliphatic heterocycles. The Morgan fingerprint density at radius 2 is 1.76 bits per heavy atom. The van der Waals surface area contributed by atoms with E-state index in [1.54, 1.807) is 0 Å². The summed E-state index contributed by atoms with van der Waals surface area (Å²) in [7, 11) is -4.11. The van der Waals surface area contributed by atoms with E-state index in [0.717, 1.165) is 63.5 Å². The molecule has 0 unspecified atom stereocenters. The van der Waals surface area contributed by atoms with Crippen LogP contribution < -0.4 is 10.0 Å². The predicted octanol–water partition coefficient (Wildman–Crippen LogP) is 4.50. The molecule has 1 saturated heterocycles. The molecule has 1 heterocycles. The van der Waals surface area contributed by atoms with Gasteiger partial charge in [-0.1, -0.05) is 19.4 Å². The standard InChI is InChI=1S/C23H28F3N3O3S/c1-2-3-13-29-14-11-19(12-15-29)27-22(30)17-7-9-21(10-8-17)33(31,32)28-20-6-4-5-18(16-20)23(24,25)26/h4-10,16,19,28H,2-3,11-15H2,1H3,(H,27,30). The van der Waals surface area contributed by atoms with Crippen LogP contribution in [0.5, 0.6) is 0 Å². The molecule has 1 aliphatic rings. The minimum absolute atomic E-state index is 0.0707. The summed E-state index contributed by atoms with van der Waals surface area (Å²) in [6.07, 6.45) is -0.541. The Morgan fingerprint density at radius 3 is 2.36 bits per heavy atom. The number of halogens is 3. The molecule has 2 aromatic carbocycles. The molecule has 1 fully saturated rings. The smallest absolute Gasteiger partial charge is 0.349 e. The molecule has 0 spiro atoms. The fourth-order valence-electron chi connectivity index (χ4n) is 3.71. The van der Waals surface area contributed by atoms with Crippen LogP contribution in [0.3, 0.4) is 0 Å². The maximum atomic E-state index is 12.9. The molecule has 0 atom stereocenters. The first-order valence-corrected chi connectivity index (χ1v) is 12.4. The van der Waals surface area contributed by atoms with Gasteiger partial charge in [0.05, 0.1) is 10.5 Å². The van der Waals surface area contributed by atoms with Crippen molar-refractivity contribution in [2.45, 2.75) is 49.7 Å². The highest BCUT2D eigenvalue weighted by Crippen LogP contribution is 2.31. The average Bonchev–Trinajstić information content (AvgIpc) is 2.78. The summed E-state index contributed by atoms with van der Waals surface area (Å²) in [5.74, 6) is -0.281. The normalized spacial score (nSPS) is 15.9. The largest absolute Gasteiger partial charge is 0.416 e. The van der Waals surface area contributed by atoms with Crippen molar-refractivity contribution in [2.75, 3.05) is 24.4 Å². The van der Waals surface area contributed by atoms with Gasteiger partial charge in [0.1, 0.15) is 0 Å². The Morgan fingerprint density at radius 1 is 1.09 bits per heavy atom. The molecule has 1 amide bonds. The van der Waals surface area contributed by atoms with Gasteiger partial charge in [0.25, 0.3) is 15.9 Å². The molecular formula is C23H28F3N3O3S. The summed E-state index contributed by atoms with van der Waals surface area (Å²) in [6.45, 7) is 5.10. The van der Waals surface area contributed by atoms with Crippen LogP contribution in [0, 0.1) is 0 Å². The Hall–Kier alpha value is -2.59. The number of benzene rings is 2. The highest BCUT2D eigenvalue weighted by Gasteiger charge is 2.30. The summed E-state index contributed by atoms with van der Waals surface area (Å²) in [5, 5.41) is 2.99. The highest BCUT2D eigenvalue weighted by molar-refractivity contribution is 7.92. The van der Waals surface area contributed by atoms with Crippen molar-refractivity contribution in [1.29, 1.82) is 0 Å². The minimum atomic E-state index is -4.58. The number of likely N-dealkylation sites (tertiary alicyclic amines) is 1. The molecule has 3 rings (SSSR count). The topological polar surface area (TPSA) is 78.5 Å². The average molecular weight is 484 g/mol. The summed E-state index contributed by atoms with van der Waals surface area (Å²) < 4.78 is 65.9. The maximum Gasteiger partial charge on any atom is 0.416 e. The van der Waals surface area contributed by atoms with E-state index in [-0.39, 0.29) is 22.5 Å². The van der Waals surface area contributed by atoms with E-state index in [0.29, 0.717) is 5.56 Å². The van der Waals surface area contributed by atoms with E-state index >= 15 is 0 Å². The van der Waals surface area contributed by atoms with E-state index in [1.807, 2.05) is 0 Å². The van der Waals surface area contributed by atoms with Gasteiger partial charge in [0, 0.05) is 30.4 Å². The second-order valence-electron chi connectivity index (χ2n) is 8.15. The zero-order valence-electron chi connectivity index (χ0n) is 18.4. The third-order valence-corrected chi connectivity index (χ3v) is 7.02. The van der Waals surface area contributed by atoms with Crippen LogP contribution in [0.1, 0.15) is 48.5 Å². The molecule has 0 bridgehead atoms. The van der Waals surface area contributed by atoms with Gasteiger partial charge in [0.15, 0.2) is 0 Å². The first kappa shape index (κ1) is 25.0. The first-order valence-electron chi connectivity index (χ1n) is 10.9. The number of rotatable bonds is 8. The van der Waals surface area contributed by atoms with Crippen molar-refractivity contribution >= 4 is 21.6 Å². The van der Waals surface area contributed by atoms with E-state index < -0.39 is 21.8 Å². The minimum Gasteiger partial charge on any atom is -0.349 e. The second kappa shape index (κ2) is 10.6. The Balaban J connectivity index is 1.59. The Bertz CT molecular complexity index is 1050. The zero-order valence-corrected chi connectivity index (χ0v) is 19.2. The number of hydrogen-bond donors (Lipinski definition) is 2.